The molecule has 3 nitrogen and oxygen atoms in total. The van der Waals surface area contributed by atoms with Crippen molar-refractivity contribution in [1.82, 2.24) is 0 Å². The van der Waals surface area contributed by atoms with Gasteiger partial charge in [0.05, 0.1) is 10.6 Å². The van der Waals surface area contributed by atoms with Crippen LogP contribution in [0.2, 0.25) is 5.02 Å². The summed E-state index contributed by atoms with van der Waals surface area (Å²) in [4.78, 5) is 13.2. The molecule has 1 aromatic rings. The van der Waals surface area contributed by atoms with Crippen molar-refractivity contribution in [3.05, 3.63) is 28.8 Å². The van der Waals surface area contributed by atoms with E-state index in [9.17, 15) is 4.79 Å². The summed E-state index contributed by atoms with van der Waals surface area (Å²) in [5.41, 5.74) is 1.20. The van der Waals surface area contributed by atoms with Gasteiger partial charge in [-0.15, -0.1) is 0 Å². The van der Waals surface area contributed by atoms with E-state index in [0.717, 1.165) is 18.7 Å². The van der Waals surface area contributed by atoms with Crippen LogP contribution in [0.3, 0.4) is 0 Å². The van der Waals surface area contributed by atoms with Gasteiger partial charge in [-0.1, -0.05) is 18.5 Å². The van der Waals surface area contributed by atoms with Gasteiger partial charge >= 0.3 is 5.97 Å². The zero-order chi connectivity index (χ0) is 12.4. The Hall–Kier alpha value is -1.22. The third-order valence-electron chi connectivity index (χ3n) is 3.36. The Morgan fingerprint density at radius 3 is 2.94 bits per heavy atom. The Morgan fingerprint density at radius 1 is 1.59 bits per heavy atom. The molecule has 1 atom stereocenters. The van der Waals surface area contributed by atoms with Gasteiger partial charge in [0.1, 0.15) is 0 Å². The maximum absolute atomic E-state index is 10.9. The van der Waals surface area contributed by atoms with Gasteiger partial charge in [0, 0.05) is 18.3 Å². The van der Waals surface area contributed by atoms with Crippen LogP contribution in [0.25, 0.3) is 0 Å². The number of carbonyl (C=O) groups is 1. The highest BCUT2D eigenvalue weighted by Gasteiger charge is 2.23. The summed E-state index contributed by atoms with van der Waals surface area (Å²) in [6.07, 6.45) is 3.50. The molecular formula is C13H16ClNO2. The molecule has 1 aromatic carbocycles. The number of halogens is 1. The number of hydrogen-bond acceptors (Lipinski definition) is 2. The van der Waals surface area contributed by atoms with Crippen molar-refractivity contribution in [3.8, 4) is 0 Å². The summed E-state index contributed by atoms with van der Waals surface area (Å²) in [5, 5.41) is 9.24. The van der Waals surface area contributed by atoms with E-state index in [1.165, 1.54) is 12.8 Å². The average molecular weight is 254 g/mol. The van der Waals surface area contributed by atoms with Gasteiger partial charge in [-0.3, -0.25) is 0 Å². The summed E-state index contributed by atoms with van der Waals surface area (Å²) in [7, 11) is 0. The van der Waals surface area contributed by atoms with Crippen LogP contribution >= 0.6 is 11.6 Å². The average Bonchev–Trinajstić information content (AvgIpc) is 2.76. The standard InChI is InChI=1S/C13H16ClNO2/c1-2-9-4-3-7-15(9)10-5-6-11(13(16)17)12(14)8-10/h5-6,8-9H,2-4,7H2,1H3,(H,16,17). The molecule has 92 valence electrons. The molecule has 0 spiro atoms. The van der Waals surface area contributed by atoms with E-state index < -0.39 is 5.97 Å². The maximum Gasteiger partial charge on any atom is 0.337 e. The van der Waals surface area contributed by atoms with E-state index in [-0.39, 0.29) is 5.56 Å². The highest BCUT2D eigenvalue weighted by molar-refractivity contribution is 6.33. The molecule has 0 amide bonds. The van der Waals surface area contributed by atoms with Crippen LogP contribution in [0.15, 0.2) is 18.2 Å². The number of anilines is 1. The summed E-state index contributed by atoms with van der Waals surface area (Å²) in [6, 6.07) is 5.76. The first-order valence-electron chi connectivity index (χ1n) is 5.93. The summed E-state index contributed by atoms with van der Waals surface area (Å²) < 4.78 is 0. The predicted molar refractivity (Wildman–Crippen MR) is 69.1 cm³/mol. The van der Waals surface area contributed by atoms with Crippen molar-refractivity contribution >= 4 is 23.3 Å². The zero-order valence-corrected chi connectivity index (χ0v) is 10.6. The first-order valence-corrected chi connectivity index (χ1v) is 6.30. The number of carboxylic acid groups (broad SMARTS) is 1. The fourth-order valence-electron chi connectivity index (χ4n) is 2.46. The van der Waals surface area contributed by atoms with E-state index in [0.29, 0.717) is 11.1 Å². The van der Waals surface area contributed by atoms with Crippen molar-refractivity contribution in [2.75, 3.05) is 11.4 Å². The SMILES string of the molecule is CCC1CCCN1c1ccc(C(=O)O)c(Cl)c1. The molecule has 4 heteroatoms. The Labute approximate surface area is 106 Å². The molecule has 0 bridgehead atoms. The topological polar surface area (TPSA) is 40.5 Å². The smallest absolute Gasteiger partial charge is 0.337 e. The number of hydrogen-bond donors (Lipinski definition) is 1. The maximum atomic E-state index is 10.9. The van der Waals surface area contributed by atoms with Crippen molar-refractivity contribution in [3.63, 3.8) is 0 Å². The van der Waals surface area contributed by atoms with E-state index in [4.69, 9.17) is 16.7 Å². The van der Waals surface area contributed by atoms with Crippen LogP contribution in [-0.4, -0.2) is 23.7 Å². The molecule has 0 aromatic heterocycles. The molecule has 1 N–H and O–H groups in total. The fourth-order valence-corrected chi connectivity index (χ4v) is 2.71. The second-order valence-electron chi connectivity index (χ2n) is 4.37. The van der Waals surface area contributed by atoms with Crippen LogP contribution in [0, 0.1) is 0 Å². The third-order valence-corrected chi connectivity index (χ3v) is 3.68. The summed E-state index contributed by atoms with van der Waals surface area (Å²) >= 11 is 5.99. The van der Waals surface area contributed by atoms with Gasteiger partial charge in [-0.25, -0.2) is 4.79 Å². The van der Waals surface area contributed by atoms with E-state index in [2.05, 4.69) is 11.8 Å². The van der Waals surface area contributed by atoms with E-state index in [1.807, 2.05) is 6.07 Å². The van der Waals surface area contributed by atoms with Crippen LogP contribution in [0.5, 0.6) is 0 Å². The van der Waals surface area contributed by atoms with E-state index >= 15 is 0 Å². The monoisotopic (exact) mass is 253 g/mol. The predicted octanol–water partition coefficient (Wildman–Crippen LogP) is 3.42. The minimum Gasteiger partial charge on any atom is -0.478 e. The molecule has 1 heterocycles. The first-order chi connectivity index (χ1) is 8.13. The minimum absolute atomic E-state index is 0.169. The van der Waals surface area contributed by atoms with Crippen LogP contribution < -0.4 is 4.90 Å². The first kappa shape index (κ1) is 12.2. The molecule has 0 radical (unpaired) electrons. The number of nitrogens with zero attached hydrogens (tertiary/aromatic N) is 1. The van der Waals surface area contributed by atoms with Gasteiger partial charge in [-0.2, -0.15) is 0 Å². The highest BCUT2D eigenvalue weighted by atomic mass is 35.5. The van der Waals surface area contributed by atoms with Gasteiger partial charge in [0.25, 0.3) is 0 Å². The largest absolute Gasteiger partial charge is 0.478 e. The number of benzene rings is 1. The Morgan fingerprint density at radius 2 is 2.35 bits per heavy atom. The molecule has 1 fully saturated rings. The lowest BCUT2D eigenvalue weighted by Crippen LogP contribution is -2.28. The molecule has 0 aliphatic carbocycles. The number of aromatic carboxylic acids is 1. The Bertz CT molecular complexity index is 433. The molecule has 2 rings (SSSR count). The van der Waals surface area contributed by atoms with Crippen molar-refractivity contribution in [2.45, 2.75) is 32.2 Å². The molecule has 1 aliphatic heterocycles. The number of carboxylic acids is 1. The second-order valence-corrected chi connectivity index (χ2v) is 4.77. The Balaban J connectivity index is 2.28. The zero-order valence-electron chi connectivity index (χ0n) is 9.82. The number of rotatable bonds is 3. The highest BCUT2D eigenvalue weighted by Crippen LogP contribution is 2.30. The van der Waals surface area contributed by atoms with Crippen LogP contribution in [0.4, 0.5) is 5.69 Å². The van der Waals surface area contributed by atoms with Gasteiger partial charge < -0.3 is 10.0 Å². The quantitative estimate of drug-likeness (QED) is 0.897. The molecule has 1 unspecified atom stereocenters. The molecule has 17 heavy (non-hydrogen) atoms. The lowest BCUT2D eigenvalue weighted by molar-refractivity contribution is 0.0697. The molecule has 1 aliphatic rings. The van der Waals surface area contributed by atoms with E-state index in [1.54, 1.807) is 12.1 Å². The van der Waals surface area contributed by atoms with Gasteiger partial charge in [-0.05, 0) is 37.5 Å². The van der Waals surface area contributed by atoms with Crippen molar-refractivity contribution in [1.29, 1.82) is 0 Å². The fraction of sp³-hybridized carbons (Fsp3) is 0.462. The summed E-state index contributed by atoms with van der Waals surface area (Å²) in [5.74, 6) is -0.977. The lowest BCUT2D eigenvalue weighted by atomic mass is 10.1. The molecular weight excluding hydrogens is 238 g/mol. The Kier molecular flexibility index (Phi) is 3.57. The normalized spacial score (nSPS) is 19.6. The van der Waals surface area contributed by atoms with Crippen molar-refractivity contribution < 1.29 is 9.90 Å². The van der Waals surface area contributed by atoms with Crippen LogP contribution in [-0.2, 0) is 0 Å². The molecule has 1 saturated heterocycles. The lowest BCUT2D eigenvalue weighted by Gasteiger charge is -2.26. The van der Waals surface area contributed by atoms with Gasteiger partial charge in [0.15, 0.2) is 0 Å². The van der Waals surface area contributed by atoms with Crippen molar-refractivity contribution in [2.24, 2.45) is 0 Å². The minimum atomic E-state index is -0.977. The van der Waals surface area contributed by atoms with Gasteiger partial charge in [0.2, 0.25) is 0 Å². The summed E-state index contributed by atoms with van der Waals surface area (Å²) in [6.45, 7) is 3.21. The molecule has 0 saturated carbocycles. The van der Waals surface area contributed by atoms with Crippen LogP contribution in [0.1, 0.15) is 36.5 Å². The second kappa shape index (κ2) is 4.96. The third kappa shape index (κ3) is 2.39.